The van der Waals surface area contributed by atoms with E-state index in [4.69, 9.17) is 18.9 Å². The normalized spacial score (nSPS) is 12.8. The van der Waals surface area contributed by atoms with E-state index >= 15 is 0 Å². The van der Waals surface area contributed by atoms with E-state index in [1.807, 2.05) is 21.1 Å². The zero-order valence-corrected chi connectivity index (χ0v) is 44.3. The van der Waals surface area contributed by atoms with Crippen molar-refractivity contribution in [1.82, 2.24) is 0 Å². The van der Waals surface area contributed by atoms with Gasteiger partial charge in [-0.2, -0.15) is 0 Å². The number of ether oxygens (including phenoxy) is 4. The lowest BCUT2D eigenvalue weighted by Gasteiger charge is -2.26. The Hall–Kier alpha value is -1.97. The largest absolute Gasteiger partial charge is 0.545 e. The summed E-state index contributed by atoms with van der Waals surface area (Å²) in [5.74, 6) is -2.28. The monoisotopic (exact) mass is 936 g/mol. The maximum absolute atomic E-state index is 12.8. The molecule has 0 saturated heterocycles. The van der Waals surface area contributed by atoms with E-state index in [0.29, 0.717) is 17.4 Å². The summed E-state index contributed by atoms with van der Waals surface area (Å²) in [5.41, 5.74) is 0. The first-order valence-corrected chi connectivity index (χ1v) is 28.3. The van der Waals surface area contributed by atoms with Crippen molar-refractivity contribution in [3.63, 3.8) is 0 Å². The molecule has 0 aromatic heterocycles. The molecule has 0 heterocycles. The minimum atomic E-state index is -1.61. The van der Waals surface area contributed by atoms with Crippen LogP contribution in [0.3, 0.4) is 0 Å². The van der Waals surface area contributed by atoms with Crippen LogP contribution in [0.15, 0.2) is 12.2 Å². The number of carbonyl (C=O) groups excluding carboxylic acids is 3. The molecule has 0 rings (SSSR count). The molecule has 2 unspecified atom stereocenters. The number of quaternary nitrogens is 1. The van der Waals surface area contributed by atoms with E-state index in [1.165, 1.54) is 205 Å². The van der Waals surface area contributed by atoms with Crippen molar-refractivity contribution >= 4 is 17.9 Å². The number of carboxylic acids is 1. The average molecular weight is 936 g/mol. The first kappa shape index (κ1) is 64.0. The topological polar surface area (TPSA) is 111 Å². The van der Waals surface area contributed by atoms with Gasteiger partial charge in [0.15, 0.2) is 12.4 Å². The number of nitrogens with zero attached hydrogens (tertiary/aromatic N) is 1. The SMILES string of the molecule is CCCCCCCCCC/C=C\CCCCCCCCCCCCCCCCCCCCCCCCCC(=O)OC(COC(=O)CCCCCCCC)COC(OCC[N+](C)(C)C)C(=O)[O-]. The number of unbranched alkanes of at least 4 members (excludes halogenated alkanes) is 36. The zero-order valence-electron chi connectivity index (χ0n) is 44.3. The molecular weight excluding hydrogens is 827 g/mol. The van der Waals surface area contributed by atoms with Gasteiger partial charge in [-0.15, -0.1) is 0 Å². The molecule has 0 fully saturated rings. The Morgan fingerprint density at radius 3 is 1.12 bits per heavy atom. The molecule has 0 aliphatic carbocycles. The number of carbonyl (C=O) groups is 3. The van der Waals surface area contributed by atoms with E-state index in [9.17, 15) is 19.5 Å². The van der Waals surface area contributed by atoms with Gasteiger partial charge >= 0.3 is 11.9 Å². The van der Waals surface area contributed by atoms with Crippen LogP contribution in [-0.2, 0) is 33.3 Å². The summed E-state index contributed by atoms with van der Waals surface area (Å²) in [6, 6.07) is 0. The number of hydrogen-bond donors (Lipinski definition) is 0. The molecular formula is C57H109NO8. The number of rotatable bonds is 53. The highest BCUT2D eigenvalue weighted by atomic mass is 16.7. The van der Waals surface area contributed by atoms with Crippen molar-refractivity contribution in [3.8, 4) is 0 Å². The van der Waals surface area contributed by atoms with Crippen molar-refractivity contribution in [3.05, 3.63) is 12.2 Å². The number of carboxylic acid groups (broad SMARTS) is 1. The molecule has 0 aromatic rings. The van der Waals surface area contributed by atoms with Crippen molar-refractivity contribution in [2.45, 2.75) is 289 Å². The fourth-order valence-electron chi connectivity index (χ4n) is 8.36. The summed E-state index contributed by atoms with van der Waals surface area (Å²) in [6.45, 7) is 4.71. The number of likely N-dealkylation sites (N-methyl/N-ethyl adjacent to an activating group) is 1. The van der Waals surface area contributed by atoms with Gasteiger partial charge in [0.05, 0.1) is 40.3 Å². The summed E-state index contributed by atoms with van der Waals surface area (Å²) >= 11 is 0. The van der Waals surface area contributed by atoms with Gasteiger partial charge in [-0.25, -0.2) is 0 Å². The lowest BCUT2D eigenvalue weighted by Crippen LogP contribution is -2.44. The van der Waals surface area contributed by atoms with Crippen LogP contribution in [0.25, 0.3) is 0 Å². The molecule has 0 aromatic carbocycles. The van der Waals surface area contributed by atoms with Gasteiger partial charge in [-0.05, 0) is 38.5 Å². The van der Waals surface area contributed by atoms with Gasteiger partial charge in [-0.3, -0.25) is 9.59 Å². The van der Waals surface area contributed by atoms with E-state index in [-0.39, 0.29) is 32.2 Å². The first-order valence-electron chi connectivity index (χ1n) is 28.3. The lowest BCUT2D eigenvalue weighted by molar-refractivity contribution is -0.870. The summed E-state index contributed by atoms with van der Waals surface area (Å²) in [4.78, 5) is 36.8. The maximum Gasteiger partial charge on any atom is 0.306 e. The summed E-state index contributed by atoms with van der Waals surface area (Å²) in [7, 11) is 5.91. The second-order valence-corrected chi connectivity index (χ2v) is 20.6. The Kier molecular flexibility index (Phi) is 48.0. The van der Waals surface area contributed by atoms with Crippen LogP contribution in [0.5, 0.6) is 0 Å². The van der Waals surface area contributed by atoms with Crippen LogP contribution in [0.2, 0.25) is 0 Å². The third kappa shape index (κ3) is 49.9. The van der Waals surface area contributed by atoms with Crippen LogP contribution in [-0.4, -0.2) is 82.3 Å². The van der Waals surface area contributed by atoms with E-state index in [0.717, 1.165) is 44.9 Å². The van der Waals surface area contributed by atoms with Crippen molar-refractivity contribution in [1.29, 1.82) is 0 Å². The Balaban J connectivity index is 3.84. The predicted octanol–water partition coefficient (Wildman–Crippen LogP) is 14.8. The number of allylic oxidation sites excluding steroid dienone is 2. The van der Waals surface area contributed by atoms with Crippen LogP contribution < -0.4 is 5.11 Å². The minimum Gasteiger partial charge on any atom is -0.545 e. The summed E-state index contributed by atoms with van der Waals surface area (Å²) < 4.78 is 22.5. The molecule has 66 heavy (non-hydrogen) atoms. The Bertz CT molecular complexity index is 1090. The predicted molar refractivity (Wildman–Crippen MR) is 274 cm³/mol. The highest BCUT2D eigenvalue weighted by Crippen LogP contribution is 2.17. The van der Waals surface area contributed by atoms with Gasteiger partial charge in [-0.1, -0.05) is 238 Å². The number of esters is 2. The Labute approximate surface area is 408 Å². The fourth-order valence-corrected chi connectivity index (χ4v) is 8.36. The molecule has 0 spiro atoms. The highest BCUT2D eigenvalue weighted by Gasteiger charge is 2.22. The molecule has 0 saturated carbocycles. The quantitative estimate of drug-likeness (QED) is 0.0195. The summed E-state index contributed by atoms with van der Waals surface area (Å²) in [6.07, 6.45) is 53.3. The Morgan fingerprint density at radius 1 is 0.439 bits per heavy atom. The van der Waals surface area contributed by atoms with Crippen molar-refractivity contribution < 1.29 is 42.9 Å². The van der Waals surface area contributed by atoms with Gasteiger partial charge < -0.3 is 33.3 Å². The van der Waals surface area contributed by atoms with Gasteiger partial charge in [0.2, 0.25) is 0 Å². The maximum atomic E-state index is 12.8. The van der Waals surface area contributed by atoms with Gasteiger partial charge in [0, 0.05) is 12.8 Å². The van der Waals surface area contributed by atoms with Gasteiger partial charge in [0.1, 0.15) is 13.2 Å². The molecule has 0 aliphatic rings. The third-order valence-corrected chi connectivity index (χ3v) is 12.8. The smallest absolute Gasteiger partial charge is 0.306 e. The van der Waals surface area contributed by atoms with Crippen LogP contribution in [0.1, 0.15) is 277 Å². The van der Waals surface area contributed by atoms with Crippen LogP contribution >= 0.6 is 0 Å². The average Bonchev–Trinajstić information content (AvgIpc) is 3.28. The fraction of sp³-hybridized carbons (Fsp3) is 0.912. The van der Waals surface area contributed by atoms with E-state index in [1.54, 1.807) is 0 Å². The zero-order chi connectivity index (χ0) is 48.4. The molecule has 2 atom stereocenters. The standard InChI is InChI=1S/C57H109NO8/c1-6-8-10-12-14-15-16-17-18-19-20-21-22-23-24-25-26-27-28-29-30-31-32-33-34-35-36-37-38-39-40-41-42-44-46-48-55(60)66-53(51-64-54(59)47-45-43-13-11-9-7-2)52-65-57(56(61)62)63-50-49-58(3,4)5/h19-20,53,57H,6-18,21-52H2,1-5H3/b20-19-. The molecule has 9 heteroatoms. The van der Waals surface area contributed by atoms with Crippen LogP contribution in [0.4, 0.5) is 0 Å². The molecule has 0 amide bonds. The number of aliphatic carboxylic acids is 1. The Morgan fingerprint density at radius 2 is 0.773 bits per heavy atom. The van der Waals surface area contributed by atoms with Crippen LogP contribution in [0, 0.1) is 0 Å². The molecule has 0 bridgehead atoms. The second kappa shape index (κ2) is 49.5. The van der Waals surface area contributed by atoms with E-state index < -0.39 is 24.3 Å². The molecule has 390 valence electrons. The summed E-state index contributed by atoms with van der Waals surface area (Å²) in [5, 5.41) is 11.7. The highest BCUT2D eigenvalue weighted by molar-refractivity contribution is 5.70. The molecule has 0 aliphatic heterocycles. The lowest BCUT2D eigenvalue weighted by atomic mass is 10.0. The van der Waals surface area contributed by atoms with Crippen molar-refractivity contribution in [2.24, 2.45) is 0 Å². The molecule has 0 radical (unpaired) electrons. The van der Waals surface area contributed by atoms with Gasteiger partial charge in [0.25, 0.3) is 0 Å². The number of hydrogen-bond acceptors (Lipinski definition) is 8. The van der Waals surface area contributed by atoms with Crippen molar-refractivity contribution in [2.75, 3.05) is 47.5 Å². The second-order valence-electron chi connectivity index (χ2n) is 20.6. The molecule has 0 N–H and O–H groups in total. The minimum absolute atomic E-state index is 0.152. The van der Waals surface area contributed by atoms with E-state index in [2.05, 4.69) is 26.0 Å². The third-order valence-electron chi connectivity index (χ3n) is 12.8. The molecule has 9 nitrogen and oxygen atoms in total. The first-order chi connectivity index (χ1) is 32.1.